The fourth-order valence-corrected chi connectivity index (χ4v) is 2.83. The molecular formula is C22H32IN3O3. The highest BCUT2D eigenvalue weighted by Crippen LogP contribution is 2.23. The number of hydrogen-bond acceptors (Lipinski definition) is 4. The van der Waals surface area contributed by atoms with E-state index in [4.69, 9.17) is 9.47 Å². The Morgan fingerprint density at radius 1 is 1.03 bits per heavy atom. The van der Waals surface area contributed by atoms with Crippen LogP contribution in [0.1, 0.15) is 37.3 Å². The van der Waals surface area contributed by atoms with Gasteiger partial charge in [0.25, 0.3) is 0 Å². The minimum Gasteiger partial charge on any atom is -0.508 e. The normalized spacial score (nSPS) is 11.9. The summed E-state index contributed by atoms with van der Waals surface area (Å²) in [6.45, 7) is 6.17. The van der Waals surface area contributed by atoms with Crippen molar-refractivity contribution in [2.24, 2.45) is 4.99 Å². The number of aliphatic imine (C=N–C) groups is 1. The highest BCUT2D eigenvalue weighted by molar-refractivity contribution is 14.0. The number of halogens is 1. The molecule has 0 aromatic heterocycles. The number of guanidine groups is 1. The molecule has 0 amide bonds. The van der Waals surface area contributed by atoms with E-state index in [0.717, 1.165) is 36.8 Å². The smallest absolute Gasteiger partial charge is 0.191 e. The third-order valence-corrected chi connectivity index (χ3v) is 4.59. The van der Waals surface area contributed by atoms with Crippen LogP contribution in [-0.2, 0) is 6.54 Å². The molecule has 2 aromatic rings. The molecular weight excluding hydrogens is 481 g/mol. The molecule has 3 N–H and O–H groups in total. The molecule has 7 heteroatoms. The third-order valence-electron chi connectivity index (χ3n) is 4.59. The van der Waals surface area contributed by atoms with Gasteiger partial charge in [0.05, 0.1) is 20.8 Å². The maximum absolute atomic E-state index is 10.0. The Morgan fingerprint density at radius 3 is 2.31 bits per heavy atom. The lowest BCUT2D eigenvalue weighted by Gasteiger charge is -2.15. The summed E-state index contributed by atoms with van der Waals surface area (Å²) < 4.78 is 10.4. The van der Waals surface area contributed by atoms with Crippen molar-refractivity contribution in [1.82, 2.24) is 10.6 Å². The van der Waals surface area contributed by atoms with E-state index in [-0.39, 0.29) is 29.7 Å². The van der Waals surface area contributed by atoms with Crippen LogP contribution in [0.4, 0.5) is 0 Å². The molecule has 0 fully saturated rings. The van der Waals surface area contributed by atoms with Crippen molar-refractivity contribution in [3.8, 4) is 17.2 Å². The zero-order valence-electron chi connectivity index (χ0n) is 17.6. The predicted octanol–water partition coefficient (Wildman–Crippen LogP) is 4.28. The summed E-state index contributed by atoms with van der Waals surface area (Å²) >= 11 is 0. The molecule has 0 heterocycles. The second-order valence-corrected chi connectivity index (χ2v) is 6.58. The SMILES string of the molecule is CCNC(=NCc1cc(OC)ccc1O)NCCC(C)c1ccc(OC)cc1.I. The van der Waals surface area contributed by atoms with E-state index in [0.29, 0.717) is 18.2 Å². The van der Waals surface area contributed by atoms with E-state index in [1.165, 1.54) is 5.56 Å². The minimum absolute atomic E-state index is 0. The summed E-state index contributed by atoms with van der Waals surface area (Å²) in [5.41, 5.74) is 2.01. The fourth-order valence-electron chi connectivity index (χ4n) is 2.83. The number of methoxy groups -OCH3 is 2. The number of phenols is 1. The predicted molar refractivity (Wildman–Crippen MR) is 129 cm³/mol. The van der Waals surface area contributed by atoms with Gasteiger partial charge >= 0.3 is 0 Å². The second-order valence-electron chi connectivity index (χ2n) is 6.58. The highest BCUT2D eigenvalue weighted by atomic mass is 127. The van der Waals surface area contributed by atoms with Crippen molar-refractivity contribution < 1.29 is 14.6 Å². The van der Waals surface area contributed by atoms with Crippen molar-refractivity contribution in [1.29, 1.82) is 0 Å². The van der Waals surface area contributed by atoms with Gasteiger partial charge in [0.2, 0.25) is 0 Å². The molecule has 2 aromatic carbocycles. The first-order valence-corrected chi connectivity index (χ1v) is 9.59. The number of rotatable bonds is 9. The number of benzene rings is 2. The van der Waals surface area contributed by atoms with Crippen molar-refractivity contribution in [2.45, 2.75) is 32.7 Å². The van der Waals surface area contributed by atoms with Crippen LogP contribution in [0.25, 0.3) is 0 Å². The number of ether oxygens (including phenoxy) is 2. The van der Waals surface area contributed by atoms with Crippen molar-refractivity contribution >= 4 is 29.9 Å². The molecule has 0 aliphatic rings. The lowest BCUT2D eigenvalue weighted by molar-refractivity contribution is 0.411. The van der Waals surface area contributed by atoms with Gasteiger partial charge < -0.3 is 25.2 Å². The highest BCUT2D eigenvalue weighted by Gasteiger charge is 2.07. The van der Waals surface area contributed by atoms with Gasteiger partial charge in [-0.1, -0.05) is 19.1 Å². The van der Waals surface area contributed by atoms with Crippen LogP contribution in [0.3, 0.4) is 0 Å². The fraction of sp³-hybridized carbons (Fsp3) is 0.409. The maximum Gasteiger partial charge on any atom is 0.191 e. The molecule has 0 saturated heterocycles. The molecule has 0 spiro atoms. The van der Waals surface area contributed by atoms with E-state index in [1.807, 2.05) is 19.1 Å². The lowest BCUT2D eigenvalue weighted by atomic mass is 9.98. The maximum atomic E-state index is 10.0. The lowest BCUT2D eigenvalue weighted by Crippen LogP contribution is -2.38. The Kier molecular flexibility index (Phi) is 11.3. The Balaban J connectivity index is 0.00000420. The van der Waals surface area contributed by atoms with Gasteiger partial charge in [0.1, 0.15) is 17.2 Å². The van der Waals surface area contributed by atoms with E-state index < -0.39 is 0 Å². The number of hydrogen-bond donors (Lipinski definition) is 3. The van der Waals surface area contributed by atoms with E-state index in [9.17, 15) is 5.11 Å². The van der Waals surface area contributed by atoms with Crippen LogP contribution in [0.2, 0.25) is 0 Å². The van der Waals surface area contributed by atoms with Gasteiger partial charge in [-0.3, -0.25) is 0 Å². The largest absolute Gasteiger partial charge is 0.508 e. The molecule has 1 unspecified atom stereocenters. The first kappa shape index (κ1) is 24.9. The van der Waals surface area contributed by atoms with Crippen LogP contribution in [0, 0.1) is 0 Å². The van der Waals surface area contributed by atoms with Crippen molar-refractivity contribution in [3.05, 3.63) is 53.6 Å². The Labute approximate surface area is 190 Å². The summed E-state index contributed by atoms with van der Waals surface area (Å²) in [7, 11) is 3.28. The van der Waals surface area contributed by atoms with Gasteiger partial charge in [-0.05, 0) is 55.2 Å². The molecule has 29 heavy (non-hydrogen) atoms. The molecule has 0 aliphatic heterocycles. The van der Waals surface area contributed by atoms with Crippen LogP contribution < -0.4 is 20.1 Å². The number of aromatic hydroxyl groups is 1. The third kappa shape index (κ3) is 8.00. The topological polar surface area (TPSA) is 75.1 Å². The van der Waals surface area contributed by atoms with Gasteiger partial charge in [-0.25, -0.2) is 4.99 Å². The molecule has 2 rings (SSSR count). The molecule has 160 valence electrons. The first-order chi connectivity index (χ1) is 13.6. The molecule has 0 radical (unpaired) electrons. The van der Waals surface area contributed by atoms with E-state index >= 15 is 0 Å². The summed E-state index contributed by atoms with van der Waals surface area (Å²) in [5.74, 6) is 2.94. The minimum atomic E-state index is 0. The monoisotopic (exact) mass is 513 g/mol. The van der Waals surface area contributed by atoms with Gasteiger partial charge in [-0.2, -0.15) is 0 Å². The average Bonchev–Trinajstić information content (AvgIpc) is 2.73. The number of phenolic OH excluding ortho intramolecular Hbond substituents is 1. The molecule has 0 aliphatic carbocycles. The van der Waals surface area contributed by atoms with Gasteiger partial charge in [0, 0.05) is 18.7 Å². The van der Waals surface area contributed by atoms with Crippen LogP contribution in [0.5, 0.6) is 17.2 Å². The van der Waals surface area contributed by atoms with Crippen LogP contribution in [-0.4, -0.2) is 38.4 Å². The standard InChI is InChI=1S/C22H31N3O3.HI/c1-5-23-22(25-15-18-14-20(28-4)10-11-21(18)26)24-13-12-16(2)17-6-8-19(27-3)9-7-17;/h6-11,14,16,26H,5,12-13,15H2,1-4H3,(H2,23,24,25);1H. The Hall–Kier alpha value is -2.16. The zero-order chi connectivity index (χ0) is 20.4. The average molecular weight is 513 g/mol. The van der Waals surface area contributed by atoms with E-state index in [2.05, 4.69) is 34.7 Å². The van der Waals surface area contributed by atoms with Crippen molar-refractivity contribution in [3.63, 3.8) is 0 Å². The summed E-state index contributed by atoms with van der Waals surface area (Å²) in [6, 6.07) is 13.3. The van der Waals surface area contributed by atoms with Crippen LogP contribution in [0.15, 0.2) is 47.5 Å². The summed E-state index contributed by atoms with van der Waals surface area (Å²) in [4.78, 5) is 4.57. The first-order valence-electron chi connectivity index (χ1n) is 9.59. The molecule has 6 nitrogen and oxygen atoms in total. The number of nitrogens with zero attached hydrogens (tertiary/aromatic N) is 1. The van der Waals surface area contributed by atoms with Gasteiger partial charge in [0.15, 0.2) is 5.96 Å². The quantitative estimate of drug-likeness (QED) is 0.265. The van der Waals surface area contributed by atoms with E-state index in [1.54, 1.807) is 32.4 Å². The molecule has 0 bridgehead atoms. The Morgan fingerprint density at radius 2 is 1.69 bits per heavy atom. The zero-order valence-corrected chi connectivity index (χ0v) is 19.9. The molecule has 1 atom stereocenters. The number of nitrogens with one attached hydrogen (secondary N) is 2. The second kappa shape index (κ2) is 13.1. The molecule has 0 saturated carbocycles. The summed E-state index contributed by atoms with van der Waals surface area (Å²) in [6.07, 6.45) is 0.973. The van der Waals surface area contributed by atoms with Gasteiger partial charge in [-0.15, -0.1) is 24.0 Å². The van der Waals surface area contributed by atoms with Crippen LogP contribution >= 0.6 is 24.0 Å². The summed E-state index contributed by atoms with van der Waals surface area (Å²) in [5, 5.41) is 16.6. The van der Waals surface area contributed by atoms with Crippen molar-refractivity contribution in [2.75, 3.05) is 27.3 Å². The Bertz CT molecular complexity index is 766.